The molecule has 1 saturated heterocycles. The molecule has 19 heavy (non-hydrogen) atoms. The van der Waals surface area contributed by atoms with Crippen LogP contribution in [-0.2, 0) is 21.3 Å². The molecule has 1 aliphatic rings. The van der Waals surface area contributed by atoms with Crippen LogP contribution in [0.3, 0.4) is 0 Å². The molecule has 3 nitrogen and oxygen atoms in total. The Hall–Kier alpha value is -0.300. The number of rotatable bonds is 3. The highest BCUT2D eigenvalue weighted by Crippen LogP contribution is 2.36. The van der Waals surface area contributed by atoms with Gasteiger partial charge in [0.1, 0.15) is 11.4 Å². The van der Waals surface area contributed by atoms with E-state index in [-0.39, 0.29) is 10.6 Å². The Morgan fingerprint density at radius 3 is 2.47 bits per heavy atom. The van der Waals surface area contributed by atoms with E-state index >= 15 is 0 Å². The van der Waals surface area contributed by atoms with E-state index in [2.05, 4.69) is 20.7 Å². The fourth-order valence-electron chi connectivity index (χ4n) is 1.78. The molecule has 0 saturated carbocycles. The molecule has 1 fully saturated rings. The van der Waals surface area contributed by atoms with Crippen LogP contribution in [0.2, 0.25) is 0 Å². The molecule has 0 aromatic heterocycles. The van der Waals surface area contributed by atoms with Crippen LogP contribution < -0.4 is 4.72 Å². The second-order valence-electron chi connectivity index (χ2n) is 5.68. The zero-order chi connectivity index (χ0) is 14.3. The van der Waals surface area contributed by atoms with Crippen LogP contribution >= 0.6 is 15.9 Å². The standard InChI is InChI=1S/C13H17BrFNO2S/c1-12(2,3)19(17)16-13(7-18-8-13)10-5-4-9(15)6-11(10)14/h4-6,16H,7-8H2,1-3H3. The topological polar surface area (TPSA) is 38.3 Å². The molecule has 1 atom stereocenters. The predicted molar refractivity (Wildman–Crippen MR) is 77.6 cm³/mol. The van der Waals surface area contributed by atoms with Crippen molar-refractivity contribution in [1.82, 2.24) is 4.72 Å². The summed E-state index contributed by atoms with van der Waals surface area (Å²) in [5, 5.41) is 0. The summed E-state index contributed by atoms with van der Waals surface area (Å²) in [6, 6.07) is 4.52. The Bertz CT molecular complexity index is 512. The Labute approximate surface area is 123 Å². The van der Waals surface area contributed by atoms with Crippen molar-refractivity contribution in [2.45, 2.75) is 31.1 Å². The molecule has 2 rings (SSSR count). The number of hydrogen-bond acceptors (Lipinski definition) is 2. The van der Waals surface area contributed by atoms with Crippen molar-refractivity contribution in [2.24, 2.45) is 0 Å². The van der Waals surface area contributed by atoms with Crippen molar-refractivity contribution in [2.75, 3.05) is 13.2 Å². The van der Waals surface area contributed by atoms with E-state index in [4.69, 9.17) is 4.74 Å². The van der Waals surface area contributed by atoms with Gasteiger partial charge in [-0.15, -0.1) is 0 Å². The third-order valence-corrected chi connectivity index (χ3v) is 5.33. The first kappa shape index (κ1) is 15.1. The van der Waals surface area contributed by atoms with E-state index in [0.29, 0.717) is 17.7 Å². The molecule has 106 valence electrons. The Balaban J connectivity index is 2.30. The summed E-state index contributed by atoms with van der Waals surface area (Å²) in [7, 11) is -1.21. The van der Waals surface area contributed by atoms with Crippen LogP contribution in [0.5, 0.6) is 0 Å². The van der Waals surface area contributed by atoms with E-state index in [1.165, 1.54) is 12.1 Å². The van der Waals surface area contributed by atoms with Gasteiger partial charge in [0.15, 0.2) is 0 Å². The lowest BCUT2D eigenvalue weighted by Gasteiger charge is -2.43. The summed E-state index contributed by atoms with van der Waals surface area (Å²) in [5.41, 5.74) is 0.364. The van der Waals surface area contributed by atoms with Crippen molar-refractivity contribution < 1.29 is 13.3 Å². The third-order valence-electron chi connectivity index (χ3n) is 2.99. The maximum Gasteiger partial charge on any atom is 0.124 e. The average molecular weight is 350 g/mol. The first-order chi connectivity index (χ1) is 8.74. The zero-order valence-electron chi connectivity index (χ0n) is 11.1. The quantitative estimate of drug-likeness (QED) is 0.911. The molecule has 0 amide bonds. The Morgan fingerprint density at radius 2 is 2.05 bits per heavy atom. The molecule has 6 heteroatoms. The van der Waals surface area contributed by atoms with Crippen LogP contribution in [0.15, 0.2) is 22.7 Å². The van der Waals surface area contributed by atoms with Gasteiger partial charge in [-0.3, -0.25) is 0 Å². The molecule has 1 unspecified atom stereocenters. The van der Waals surface area contributed by atoms with E-state index in [9.17, 15) is 8.60 Å². The van der Waals surface area contributed by atoms with Gasteiger partial charge in [-0.25, -0.2) is 13.3 Å². The highest BCUT2D eigenvalue weighted by atomic mass is 79.9. The predicted octanol–water partition coefficient (Wildman–Crippen LogP) is 2.87. The minimum Gasteiger partial charge on any atom is -0.377 e. The molecular formula is C13H17BrFNO2S. The zero-order valence-corrected chi connectivity index (χ0v) is 13.5. The fourth-order valence-corrected chi connectivity index (χ4v) is 3.40. The minimum absolute atomic E-state index is 0.303. The van der Waals surface area contributed by atoms with E-state index in [1.54, 1.807) is 6.07 Å². The van der Waals surface area contributed by atoms with Crippen molar-refractivity contribution in [3.05, 3.63) is 34.1 Å². The largest absolute Gasteiger partial charge is 0.377 e. The SMILES string of the molecule is CC(C)(C)S(=O)NC1(c2ccc(F)cc2Br)COC1. The van der Waals surface area contributed by atoms with E-state index in [1.807, 2.05) is 20.8 Å². The second-order valence-corrected chi connectivity index (χ2v) is 8.50. The van der Waals surface area contributed by atoms with Gasteiger partial charge in [-0.2, -0.15) is 0 Å². The van der Waals surface area contributed by atoms with E-state index in [0.717, 1.165) is 5.56 Å². The third kappa shape index (κ3) is 3.07. The van der Waals surface area contributed by atoms with Crippen LogP contribution in [0.1, 0.15) is 26.3 Å². The van der Waals surface area contributed by atoms with Gasteiger partial charge in [0.05, 0.1) is 28.9 Å². The Kier molecular flexibility index (Phi) is 4.16. The molecule has 1 N–H and O–H groups in total. The van der Waals surface area contributed by atoms with Gasteiger partial charge in [0.25, 0.3) is 0 Å². The summed E-state index contributed by atoms with van der Waals surface area (Å²) >= 11 is 3.36. The van der Waals surface area contributed by atoms with Crippen molar-refractivity contribution in [1.29, 1.82) is 0 Å². The van der Waals surface area contributed by atoms with E-state index < -0.39 is 16.5 Å². The van der Waals surface area contributed by atoms with Gasteiger partial charge < -0.3 is 4.74 Å². The van der Waals surface area contributed by atoms with Gasteiger partial charge in [0.2, 0.25) is 0 Å². The smallest absolute Gasteiger partial charge is 0.124 e. The summed E-state index contributed by atoms with van der Waals surface area (Å²) in [5.74, 6) is -0.303. The second kappa shape index (κ2) is 5.24. The number of hydrogen-bond donors (Lipinski definition) is 1. The summed E-state index contributed by atoms with van der Waals surface area (Å²) in [6.45, 7) is 6.58. The van der Waals surface area contributed by atoms with Crippen molar-refractivity contribution in [3.63, 3.8) is 0 Å². The molecule has 1 aromatic rings. The highest BCUT2D eigenvalue weighted by Gasteiger charge is 2.44. The van der Waals surface area contributed by atoms with Gasteiger partial charge in [0, 0.05) is 4.47 Å². The summed E-state index contributed by atoms with van der Waals surface area (Å²) in [6.07, 6.45) is 0. The minimum atomic E-state index is -1.21. The Morgan fingerprint density at radius 1 is 1.42 bits per heavy atom. The highest BCUT2D eigenvalue weighted by molar-refractivity contribution is 9.10. The molecule has 0 bridgehead atoms. The maximum absolute atomic E-state index is 13.2. The normalized spacial score (nSPS) is 19.8. The fraction of sp³-hybridized carbons (Fsp3) is 0.538. The first-order valence-corrected chi connectivity index (χ1v) is 7.92. The van der Waals surface area contributed by atoms with Crippen molar-refractivity contribution >= 4 is 26.9 Å². The molecule has 0 aliphatic carbocycles. The molecule has 1 aliphatic heterocycles. The monoisotopic (exact) mass is 349 g/mol. The van der Waals surface area contributed by atoms with Crippen LogP contribution in [-0.4, -0.2) is 22.2 Å². The molecule has 1 aromatic carbocycles. The molecule has 0 spiro atoms. The number of halogens is 2. The molecule has 1 heterocycles. The summed E-state index contributed by atoms with van der Waals surface area (Å²) in [4.78, 5) is 0. The lowest BCUT2D eigenvalue weighted by molar-refractivity contribution is -0.0663. The summed E-state index contributed by atoms with van der Waals surface area (Å²) < 4.78 is 34.2. The van der Waals surface area contributed by atoms with Crippen LogP contribution in [0, 0.1) is 5.82 Å². The average Bonchev–Trinajstić information content (AvgIpc) is 2.22. The van der Waals surface area contributed by atoms with Gasteiger partial charge >= 0.3 is 0 Å². The van der Waals surface area contributed by atoms with Crippen molar-refractivity contribution in [3.8, 4) is 0 Å². The molecular weight excluding hydrogens is 333 g/mol. The van der Waals surface area contributed by atoms with Crippen LogP contribution in [0.4, 0.5) is 4.39 Å². The number of ether oxygens (including phenoxy) is 1. The van der Waals surface area contributed by atoms with Gasteiger partial charge in [-0.1, -0.05) is 22.0 Å². The first-order valence-electron chi connectivity index (χ1n) is 5.98. The lowest BCUT2D eigenvalue weighted by atomic mass is 9.89. The van der Waals surface area contributed by atoms with Gasteiger partial charge in [-0.05, 0) is 38.5 Å². The number of benzene rings is 1. The number of nitrogens with one attached hydrogen (secondary N) is 1. The molecule has 0 radical (unpaired) electrons. The lowest BCUT2D eigenvalue weighted by Crippen LogP contribution is -2.60. The maximum atomic E-state index is 13.2. The van der Waals surface area contributed by atoms with Crippen LogP contribution in [0.25, 0.3) is 0 Å².